The highest BCUT2D eigenvalue weighted by atomic mass is 79.9. The van der Waals surface area contributed by atoms with Gasteiger partial charge in [0.05, 0.1) is 16.8 Å². The zero-order chi connectivity index (χ0) is 9.59. The molecule has 4 heteroatoms. The molecule has 13 heavy (non-hydrogen) atoms. The van der Waals surface area contributed by atoms with E-state index in [1.165, 1.54) is 0 Å². The highest BCUT2D eigenvalue weighted by Crippen LogP contribution is 2.42. The fraction of sp³-hybridized carbons (Fsp3) is 0.333. The smallest absolute Gasteiger partial charge is 0.164 e. The normalized spacial score (nSPS) is 19.8. The van der Waals surface area contributed by atoms with E-state index < -0.39 is 5.82 Å². The second-order valence-electron chi connectivity index (χ2n) is 3.22. The minimum atomic E-state index is -0.437. The quantitative estimate of drug-likeness (QED) is 0.714. The topological polar surface area (TPSA) is 35.2 Å². The molecule has 0 aliphatic carbocycles. The average molecular weight is 246 g/mol. The second kappa shape index (κ2) is 2.87. The summed E-state index contributed by atoms with van der Waals surface area (Å²) in [5, 5.41) is 0. The molecule has 70 valence electrons. The zero-order valence-corrected chi connectivity index (χ0v) is 8.69. The van der Waals surface area contributed by atoms with Crippen molar-refractivity contribution in [2.45, 2.75) is 12.8 Å². The minimum absolute atomic E-state index is 0.169. The molecule has 2 rings (SSSR count). The lowest BCUT2D eigenvalue weighted by Crippen LogP contribution is -1.95. The van der Waals surface area contributed by atoms with Gasteiger partial charge in [-0.15, -0.1) is 0 Å². The van der Waals surface area contributed by atoms with E-state index in [1.54, 1.807) is 6.07 Å². The molecule has 1 unspecified atom stereocenters. The Morgan fingerprint density at radius 1 is 1.69 bits per heavy atom. The van der Waals surface area contributed by atoms with Crippen molar-refractivity contribution >= 4 is 21.6 Å². The van der Waals surface area contributed by atoms with Crippen LogP contribution in [0.4, 0.5) is 10.1 Å². The van der Waals surface area contributed by atoms with E-state index in [0.29, 0.717) is 16.8 Å². The van der Waals surface area contributed by atoms with Crippen LogP contribution in [-0.2, 0) is 0 Å². The van der Waals surface area contributed by atoms with E-state index in [-0.39, 0.29) is 11.6 Å². The Labute approximate surface area is 84.0 Å². The van der Waals surface area contributed by atoms with Crippen LogP contribution in [0.2, 0.25) is 0 Å². The first-order valence-corrected chi connectivity index (χ1v) is 4.80. The van der Waals surface area contributed by atoms with Crippen molar-refractivity contribution in [3.63, 3.8) is 0 Å². The SMILES string of the molecule is CC1COc2c1cc(N)c(F)c2Br. The van der Waals surface area contributed by atoms with Crippen LogP contribution in [0.5, 0.6) is 5.75 Å². The number of nitrogens with two attached hydrogens (primary N) is 1. The summed E-state index contributed by atoms with van der Waals surface area (Å²) in [4.78, 5) is 0. The predicted molar refractivity (Wildman–Crippen MR) is 52.4 cm³/mol. The van der Waals surface area contributed by atoms with Crippen molar-refractivity contribution in [2.24, 2.45) is 0 Å². The van der Waals surface area contributed by atoms with Crippen molar-refractivity contribution in [3.8, 4) is 5.75 Å². The van der Waals surface area contributed by atoms with E-state index in [1.807, 2.05) is 6.92 Å². The number of ether oxygens (including phenoxy) is 1. The van der Waals surface area contributed by atoms with Crippen LogP contribution in [0, 0.1) is 5.82 Å². The van der Waals surface area contributed by atoms with Crippen molar-refractivity contribution in [1.29, 1.82) is 0 Å². The summed E-state index contributed by atoms with van der Waals surface area (Å²) in [5.74, 6) is 0.446. The Morgan fingerprint density at radius 2 is 2.38 bits per heavy atom. The molecule has 0 radical (unpaired) electrons. The Balaban J connectivity index is 2.67. The summed E-state index contributed by atoms with van der Waals surface area (Å²) in [7, 11) is 0. The highest BCUT2D eigenvalue weighted by molar-refractivity contribution is 9.10. The second-order valence-corrected chi connectivity index (χ2v) is 4.02. The number of benzene rings is 1. The lowest BCUT2D eigenvalue weighted by atomic mass is 10.0. The number of halogens is 2. The molecule has 1 atom stereocenters. The van der Waals surface area contributed by atoms with Gasteiger partial charge in [-0.2, -0.15) is 0 Å². The molecular formula is C9H9BrFNO. The Bertz CT molecular complexity index is 367. The van der Waals surface area contributed by atoms with Gasteiger partial charge in [-0.05, 0) is 22.0 Å². The van der Waals surface area contributed by atoms with Crippen molar-refractivity contribution in [3.05, 3.63) is 21.9 Å². The number of hydrogen-bond donors (Lipinski definition) is 1. The summed E-state index contributed by atoms with van der Waals surface area (Å²) in [6.45, 7) is 2.62. The monoisotopic (exact) mass is 245 g/mol. The van der Waals surface area contributed by atoms with Crippen LogP contribution in [0.1, 0.15) is 18.4 Å². The van der Waals surface area contributed by atoms with Crippen LogP contribution < -0.4 is 10.5 Å². The summed E-state index contributed by atoms with van der Waals surface area (Å²) < 4.78 is 18.9. The molecule has 0 spiro atoms. The third-order valence-corrected chi connectivity index (χ3v) is 2.94. The van der Waals surface area contributed by atoms with Crippen LogP contribution in [0.25, 0.3) is 0 Å². The molecule has 1 aromatic carbocycles. The number of fused-ring (bicyclic) bond motifs is 1. The van der Waals surface area contributed by atoms with Gasteiger partial charge in [0.15, 0.2) is 5.82 Å². The third-order valence-electron chi connectivity index (χ3n) is 2.23. The van der Waals surface area contributed by atoms with Crippen LogP contribution >= 0.6 is 15.9 Å². The molecule has 1 heterocycles. The first kappa shape index (κ1) is 8.81. The lowest BCUT2D eigenvalue weighted by molar-refractivity contribution is 0.334. The van der Waals surface area contributed by atoms with E-state index in [2.05, 4.69) is 15.9 Å². The van der Waals surface area contributed by atoms with Crippen molar-refractivity contribution in [2.75, 3.05) is 12.3 Å². The number of rotatable bonds is 0. The van der Waals surface area contributed by atoms with Gasteiger partial charge in [0.25, 0.3) is 0 Å². The van der Waals surface area contributed by atoms with E-state index in [0.717, 1.165) is 5.56 Å². The first-order chi connectivity index (χ1) is 6.11. The van der Waals surface area contributed by atoms with Gasteiger partial charge in [-0.3, -0.25) is 0 Å². The fourth-order valence-corrected chi connectivity index (χ4v) is 2.03. The third kappa shape index (κ3) is 1.20. The van der Waals surface area contributed by atoms with Gasteiger partial charge in [0.2, 0.25) is 0 Å². The van der Waals surface area contributed by atoms with E-state index in [4.69, 9.17) is 10.5 Å². The molecule has 0 saturated carbocycles. The molecule has 1 aromatic rings. The first-order valence-electron chi connectivity index (χ1n) is 4.01. The molecular weight excluding hydrogens is 237 g/mol. The maximum atomic E-state index is 13.3. The average Bonchev–Trinajstić information content (AvgIpc) is 2.45. The molecule has 1 aliphatic rings. The predicted octanol–water partition coefficient (Wildman–Crippen LogP) is 2.67. The van der Waals surface area contributed by atoms with Crippen LogP contribution in [0.15, 0.2) is 10.5 Å². The molecule has 0 aromatic heterocycles. The van der Waals surface area contributed by atoms with Gasteiger partial charge in [-0.1, -0.05) is 6.92 Å². The van der Waals surface area contributed by atoms with E-state index in [9.17, 15) is 4.39 Å². The minimum Gasteiger partial charge on any atom is -0.491 e. The highest BCUT2D eigenvalue weighted by Gasteiger charge is 2.25. The fourth-order valence-electron chi connectivity index (χ4n) is 1.46. The van der Waals surface area contributed by atoms with E-state index >= 15 is 0 Å². The standard InChI is InChI=1S/C9H9BrFNO/c1-4-3-13-9-5(4)2-6(12)8(11)7(9)10/h2,4H,3,12H2,1H3. The largest absolute Gasteiger partial charge is 0.491 e. The van der Waals surface area contributed by atoms with Crippen molar-refractivity contribution < 1.29 is 9.13 Å². The number of anilines is 1. The Kier molecular flexibility index (Phi) is 1.95. The van der Waals surface area contributed by atoms with Crippen LogP contribution in [0.3, 0.4) is 0 Å². The summed E-state index contributed by atoms with van der Waals surface area (Å²) >= 11 is 3.13. The maximum Gasteiger partial charge on any atom is 0.164 e. The summed E-state index contributed by atoms with van der Waals surface area (Å²) in [5.41, 5.74) is 6.64. The van der Waals surface area contributed by atoms with Gasteiger partial charge in [0, 0.05) is 11.5 Å². The van der Waals surface area contributed by atoms with Gasteiger partial charge in [0.1, 0.15) is 5.75 Å². The molecule has 2 nitrogen and oxygen atoms in total. The van der Waals surface area contributed by atoms with Gasteiger partial charge >= 0.3 is 0 Å². The lowest BCUT2D eigenvalue weighted by Gasteiger charge is -2.06. The van der Waals surface area contributed by atoms with Crippen LogP contribution in [-0.4, -0.2) is 6.61 Å². The molecule has 1 aliphatic heterocycles. The summed E-state index contributed by atoms with van der Waals surface area (Å²) in [6.07, 6.45) is 0. The zero-order valence-electron chi connectivity index (χ0n) is 7.10. The van der Waals surface area contributed by atoms with Gasteiger partial charge < -0.3 is 10.5 Å². The Hall–Kier alpha value is -0.770. The number of hydrogen-bond acceptors (Lipinski definition) is 2. The molecule has 0 amide bonds. The molecule has 2 N–H and O–H groups in total. The number of nitrogen functional groups attached to an aromatic ring is 1. The molecule has 0 saturated heterocycles. The maximum absolute atomic E-state index is 13.3. The van der Waals surface area contributed by atoms with Gasteiger partial charge in [-0.25, -0.2) is 4.39 Å². The van der Waals surface area contributed by atoms with Crippen molar-refractivity contribution in [1.82, 2.24) is 0 Å². The molecule has 0 bridgehead atoms. The summed E-state index contributed by atoms with van der Waals surface area (Å²) in [6, 6.07) is 1.65. The Morgan fingerprint density at radius 3 is 3.08 bits per heavy atom. The molecule has 0 fully saturated rings.